The van der Waals surface area contributed by atoms with E-state index in [0.717, 1.165) is 38.9 Å². The highest BCUT2D eigenvalue weighted by Crippen LogP contribution is 2.18. The Labute approximate surface area is 114 Å². The van der Waals surface area contributed by atoms with Gasteiger partial charge in [-0.2, -0.15) is 0 Å². The first kappa shape index (κ1) is 15.0. The zero-order valence-corrected chi connectivity index (χ0v) is 11.3. The lowest BCUT2D eigenvalue weighted by atomic mass is 10.00. The Hall–Kier alpha value is -1.06. The molecule has 0 radical (unpaired) electrons. The summed E-state index contributed by atoms with van der Waals surface area (Å²) >= 11 is 0. The van der Waals surface area contributed by atoms with E-state index in [0.29, 0.717) is 6.42 Å². The van der Waals surface area contributed by atoms with Crippen molar-refractivity contribution in [1.82, 2.24) is 4.90 Å². The molecule has 1 aliphatic rings. The van der Waals surface area contributed by atoms with Crippen molar-refractivity contribution in [3.63, 3.8) is 0 Å². The van der Waals surface area contributed by atoms with E-state index in [2.05, 4.69) is 29.2 Å². The molecule has 0 aromatic heterocycles. The van der Waals surface area contributed by atoms with Crippen LogP contribution in [0.2, 0.25) is 0 Å². The van der Waals surface area contributed by atoms with Crippen LogP contribution in [0.1, 0.15) is 30.4 Å². The zero-order chi connectivity index (χ0) is 12.1. The summed E-state index contributed by atoms with van der Waals surface area (Å²) < 4.78 is 0. The Kier molecular flexibility index (Phi) is 6.16. The summed E-state index contributed by atoms with van der Waals surface area (Å²) in [7, 11) is 0. The summed E-state index contributed by atoms with van der Waals surface area (Å²) in [5.74, 6) is -0.686. The van der Waals surface area contributed by atoms with Crippen molar-refractivity contribution in [2.24, 2.45) is 0 Å². The smallest absolute Gasteiger partial charge is 0.303 e. The van der Waals surface area contributed by atoms with Crippen LogP contribution >= 0.6 is 12.4 Å². The molecule has 0 saturated heterocycles. The van der Waals surface area contributed by atoms with Crippen LogP contribution in [0.4, 0.5) is 0 Å². The van der Waals surface area contributed by atoms with E-state index in [1.165, 1.54) is 11.1 Å². The van der Waals surface area contributed by atoms with Crippen LogP contribution in [-0.2, 0) is 17.8 Å². The van der Waals surface area contributed by atoms with E-state index in [1.54, 1.807) is 0 Å². The largest absolute Gasteiger partial charge is 0.481 e. The molecule has 0 fully saturated rings. The second kappa shape index (κ2) is 7.39. The molecule has 0 saturated carbocycles. The summed E-state index contributed by atoms with van der Waals surface area (Å²) in [6.45, 7) is 3.13. The number of halogens is 1. The first-order valence-electron chi connectivity index (χ1n) is 6.26. The highest BCUT2D eigenvalue weighted by molar-refractivity contribution is 5.85. The second-order valence-corrected chi connectivity index (χ2v) is 4.65. The molecule has 0 unspecified atom stereocenters. The van der Waals surface area contributed by atoms with Crippen LogP contribution in [0.5, 0.6) is 0 Å². The maximum Gasteiger partial charge on any atom is 0.303 e. The highest BCUT2D eigenvalue weighted by Gasteiger charge is 2.14. The molecule has 0 aliphatic carbocycles. The molecule has 1 heterocycles. The van der Waals surface area contributed by atoms with E-state index in [9.17, 15) is 4.79 Å². The Balaban J connectivity index is 0.00000162. The lowest BCUT2D eigenvalue weighted by Crippen LogP contribution is -2.31. The summed E-state index contributed by atoms with van der Waals surface area (Å²) in [5, 5.41) is 8.57. The second-order valence-electron chi connectivity index (χ2n) is 4.65. The van der Waals surface area contributed by atoms with E-state index < -0.39 is 5.97 Å². The molecule has 1 aromatic carbocycles. The number of hydrogen-bond donors (Lipinski definition) is 1. The molecule has 1 N–H and O–H groups in total. The van der Waals surface area contributed by atoms with Gasteiger partial charge in [0, 0.05) is 19.5 Å². The van der Waals surface area contributed by atoms with Gasteiger partial charge < -0.3 is 5.11 Å². The standard InChI is InChI=1S/C14H19NO2.ClH/c16-14(17)7-3-4-9-15-10-8-12-5-1-2-6-13(12)11-15;/h1-2,5-6H,3-4,7-11H2,(H,16,17);1H. The maximum atomic E-state index is 10.4. The summed E-state index contributed by atoms with van der Waals surface area (Å²) in [6, 6.07) is 8.59. The monoisotopic (exact) mass is 269 g/mol. The molecule has 100 valence electrons. The van der Waals surface area contributed by atoms with Gasteiger partial charge in [0.25, 0.3) is 0 Å². The van der Waals surface area contributed by atoms with Gasteiger partial charge in [-0.25, -0.2) is 0 Å². The molecule has 0 bridgehead atoms. The number of unbranched alkanes of at least 4 members (excludes halogenated alkanes) is 1. The Morgan fingerprint density at radius 3 is 2.67 bits per heavy atom. The minimum atomic E-state index is -0.686. The van der Waals surface area contributed by atoms with E-state index in [1.807, 2.05) is 0 Å². The van der Waals surface area contributed by atoms with E-state index in [4.69, 9.17) is 5.11 Å². The normalized spacial score (nSPS) is 14.7. The van der Waals surface area contributed by atoms with E-state index in [-0.39, 0.29) is 12.4 Å². The lowest BCUT2D eigenvalue weighted by molar-refractivity contribution is -0.137. The zero-order valence-electron chi connectivity index (χ0n) is 10.5. The van der Waals surface area contributed by atoms with Gasteiger partial charge in [0.15, 0.2) is 0 Å². The molecule has 3 nitrogen and oxygen atoms in total. The van der Waals surface area contributed by atoms with Gasteiger partial charge in [-0.3, -0.25) is 9.69 Å². The van der Waals surface area contributed by atoms with Gasteiger partial charge >= 0.3 is 5.97 Å². The average Bonchev–Trinajstić information content (AvgIpc) is 2.34. The quantitative estimate of drug-likeness (QED) is 0.836. The molecule has 1 aliphatic heterocycles. The highest BCUT2D eigenvalue weighted by atomic mass is 35.5. The first-order chi connectivity index (χ1) is 8.25. The molecule has 4 heteroatoms. The van der Waals surface area contributed by atoms with Gasteiger partial charge in [0.1, 0.15) is 0 Å². The molecule has 0 amide bonds. The number of carboxylic acids is 1. The number of aliphatic carboxylic acids is 1. The van der Waals surface area contributed by atoms with Crippen LogP contribution < -0.4 is 0 Å². The molecule has 0 atom stereocenters. The molecular formula is C14H20ClNO2. The minimum absolute atomic E-state index is 0. The fraction of sp³-hybridized carbons (Fsp3) is 0.500. The predicted octanol–water partition coefficient (Wildman–Crippen LogP) is 2.72. The lowest BCUT2D eigenvalue weighted by Gasteiger charge is -2.28. The average molecular weight is 270 g/mol. The molecule has 18 heavy (non-hydrogen) atoms. The summed E-state index contributed by atoms with van der Waals surface area (Å²) in [4.78, 5) is 12.8. The van der Waals surface area contributed by atoms with Crippen molar-refractivity contribution in [3.8, 4) is 0 Å². The fourth-order valence-electron chi connectivity index (χ4n) is 2.36. The maximum absolute atomic E-state index is 10.4. The predicted molar refractivity (Wildman–Crippen MR) is 74.2 cm³/mol. The molecule has 2 rings (SSSR count). The van der Waals surface area contributed by atoms with Crippen LogP contribution in [-0.4, -0.2) is 29.1 Å². The Bertz CT molecular complexity index is 395. The van der Waals surface area contributed by atoms with Crippen molar-refractivity contribution < 1.29 is 9.90 Å². The Morgan fingerprint density at radius 2 is 1.94 bits per heavy atom. The van der Waals surface area contributed by atoms with Crippen molar-refractivity contribution >= 4 is 18.4 Å². The number of rotatable bonds is 5. The number of benzene rings is 1. The third kappa shape index (κ3) is 4.31. The third-order valence-corrected chi connectivity index (χ3v) is 3.32. The van der Waals surface area contributed by atoms with Crippen molar-refractivity contribution in [3.05, 3.63) is 35.4 Å². The van der Waals surface area contributed by atoms with Crippen molar-refractivity contribution in [2.75, 3.05) is 13.1 Å². The van der Waals surface area contributed by atoms with Crippen LogP contribution in [0.3, 0.4) is 0 Å². The topological polar surface area (TPSA) is 40.5 Å². The molecule has 0 spiro atoms. The van der Waals surface area contributed by atoms with Gasteiger partial charge in [-0.15, -0.1) is 12.4 Å². The van der Waals surface area contributed by atoms with Gasteiger partial charge in [-0.1, -0.05) is 24.3 Å². The number of carboxylic acid groups (broad SMARTS) is 1. The number of fused-ring (bicyclic) bond motifs is 1. The third-order valence-electron chi connectivity index (χ3n) is 3.32. The SMILES string of the molecule is Cl.O=C(O)CCCCN1CCc2ccccc2C1. The van der Waals surface area contributed by atoms with Crippen LogP contribution in [0.15, 0.2) is 24.3 Å². The summed E-state index contributed by atoms with van der Waals surface area (Å²) in [5.41, 5.74) is 2.89. The van der Waals surface area contributed by atoms with E-state index >= 15 is 0 Å². The van der Waals surface area contributed by atoms with Crippen LogP contribution in [0.25, 0.3) is 0 Å². The van der Waals surface area contributed by atoms with Crippen LogP contribution in [0, 0.1) is 0 Å². The fourth-order valence-corrected chi connectivity index (χ4v) is 2.36. The van der Waals surface area contributed by atoms with Crippen molar-refractivity contribution in [2.45, 2.75) is 32.2 Å². The first-order valence-corrected chi connectivity index (χ1v) is 6.26. The molecular weight excluding hydrogens is 250 g/mol. The number of hydrogen-bond acceptors (Lipinski definition) is 2. The number of carbonyl (C=O) groups is 1. The minimum Gasteiger partial charge on any atom is -0.481 e. The van der Waals surface area contributed by atoms with Gasteiger partial charge in [0.05, 0.1) is 0 Å². The van der Waals surface area contributed by atoms with Crippen molar-refractivity contribution in [1.29, 1.82) is 0 Å². The van der Waals surface area contributed by atoms with Gasteiger partial charge in [-0.05, 0) is 36.9 Å². The Morgan fingerprint density at radius 1 is 1.22 bits per heavy atom. The molecule has 1 aromatic rings. The summed E-state index contributed by atoms with van der Waals surface area (Å²) in [6.07, 6.45) is 3.18. The number of nitrogens with zero attached hydrogens (tertiary/aromatic N) is 1. The van der Waals surface area contributed by atoms with Gasteiger partial charge in [0.2, 0.25) is 0 Å².